The number of thiazole rings is 1. The van der Waals surface area contributed by atoms with Crippen molar-refractivity contribution >= 4 is 26.7 Å². The Balaban J connectivity index is 2.21. The molecular formula is C13H15N3S. The number of aromatic nitrogens is 1. The fraction of sp³-hybridized carbons (Fsp3) is 0.308. The number of nitrogens with two attached hydrogens (primary N) is 1. The van der Waals surface area contributed by atoms with E-state index in [4.69, 9.17) is 12.2 Å². The maximum atomic E-state index is 5.69. The molecule has 17 heavy (non-hydrogen) atoms. The van der Waals surface area contributed by atoms with Gasteiger partial charge in [0.25, 0.3) is 0 Å². The maximum absolute atomic E-state index is 5.69. The van der Waals surface area contributed by atoms with Crippen LogP contribution in [0.3, 0.4) is 0 Å². The van der Waals surface area contributed by atoms with Crippen molar-refractivity contribution in [3.63, 3.8) is 0 Å². The van der Waals surface area contributed by atoms with E-state index in [-0.39, 0.29) is 0 Å². The van der Waals surface area contributed by atoms with Gasteiger partial charge in [-0.25, -0.2) is 4.98 Å². The molecule has 0 fully saturated rings. The molecule has 0 amide bonds. The van der Waals surface area contributed by atoms with E-state index in [0.717, 1.165) is 23.3 Å². The Hall–Kier alpha value is -1.57. The molecule has 1 aromatic heterocycles. The Labute approximate surface area is 105 Å². The van der Waals surface area contributed by atoms with Crippen molar-refractivity contribution in [3.05, 3.63) is 23.8 Å². The van der Waals surface area contributed by atoms with E-state index in [2.05, 4.69) is 34.9 Å². The Morgan fingerprint density at radius 3 is 3.06 bits per heavy atom. The number of hydrogen-bond donors (Lipinski definition) is 1. The van der Waals surface area contributed by atoms with Crippen LogP contribution >= 0.6 is 11.3 Å². The van der Waals surface area contributed by atoms with Crippen LogP contribution in [-0.2, 0) is 6.54 Å². The van der Waals surface area contributed by atoms with Gasteiger partial charge in [0.1, 0.15) is 0 Å². The van der Waals surface area contributed by atoms with Gasteiger partial charge >= 0.3 is 0 Å². The summed E-state index contributed by atoms with van der Waals surface area (Å²) in [6, 6.07) is 6.24. The van der Waals surface area contributed by atoms with Crippen LogP contribution in [0, 0.1) is 12.3 Å². The molecule has 0 aliphatic heterocycles. The van der Waals surface area contributed by atoms with Gasteiger partial charge in [0.05, 0.1) is 16.8 Å². The van der Waals surface area contributed by atoms with Crippen molar-refractivity contribution in [1.82, 2.24) is 9.88 Å². The minimum atomic E-state index is 0.619. The molecule has 1 aromatic carbocycles. The van der Waals surface area contributed by atoms with Crippen LogP contribution in [0.15, 0.2) is 18.2 Å². The van der Waals surface area contributed by atoms with Crippen LogP contribution in [0.25, 0.3) is 10.2 Å². The first-order valence-corrected chi connectivity index (χ1v) is 6.35. The van der Waals surface area contributed by atoms with E-state index < -0.39 is 0 Å². The predicted molar refractivity (Wildman–Crippen MR) is 73.8 cm³/mol. The second kappa shape index (κ2) is 5.17. The number of benzene rings is 1. The minimum absolute atomic E-state index is 0.619. The Morgan fingerprint density at radius 1 is 1.53 bits per heavy atom. The summed E-state index contributed by atoms with van der Waals surface area (Å²) in [4.78, 5) is 6.45. The van der Waals surface area contributed by atoms with Crippen molar-refractivity contribution < 1.29 is 0 Å². The number of fused-ring (bicyclic) bond motifs is 1. The third-order valence-corrected chi connectivity index (χ3v) is 3.49. The lowest BCUT2D eigenvalue weighted by Crippen LogP contribution is -2.22. The predicted octanol–water partition coefficient (Wildman–Crippen LogP) is 2.33. The average Bonchev–Trinajstić information content (AvgIpc) is 2.68. The summed E-state index contributed by atoms with van der Waals surface area (Å²) in [6.45, 7) is 4.61. The normalized spacial score (nSPS) is 10.9. The lowest BCUT2D eigenvalue weighted by atomic mass is 10.2. The molecular weight excluding hydrogens is 230 g/mol. The molecule has 0 saturated carbocycles. The van der Waals surface area contributed by atoms with Gasteiger partial charge in [-0.2, -0.15) is 0 Å². The Kier molecular flexibility index (Phi) is 3.62. The zero-order chi connectivity index (χ0) is 12.3. The molecule has 0 aliphatic rings. The summed E-state index contributed by atoms with van der Waals surface area (Å²) in [5.41, 5.74) is 7.90. The topological polar surface area (TPSA) is 42.2 Å². The molecule has 4 heteroatoms. The Morgan fingerprint density at radius 2 is 2.35 bits per heavy atom. The highest BCUT2D eigenvalue weighted by molar-refractivity contribution is 7.22. The fourth-order valence-corrected chi connectivity index (χ4v) is 2.55. The highest BCUT2D eigenvalue weighted by Crippen LogP contribution is 2.24. The van der Waals surface area contributed by atoms with Crippen molar-refractivity contribution in [3.8, 4) is 12.3 Å². The molecule has 2 rings (SSSR count). The van der Waals surface area contributed by atoms with E-state index in [1.807, 2.05) is 6.07 Å². The second-order valence-corrected chi connectivity index (χ2v) is 4.92. The molecule has 3 nitrogen and oxygen atoms in total. The molecule has 0 aliphatic carbocycles. The summed E-state index contributed by atoms with van der Waals surface area (Å²) in [5.74, 6) is 2.68. The van der Waals surface area contributed by atoms with Gasteiger partial charge in [0.15, 0.2) is 5.13 Å². The van der Waals surface area contributed by atoms with Gasteiger partial charge in [0.2, 0.25) is 0 Å². The zero-order valence-electron chi connectivity index (χ0n) is 9.81. The van der Waals surface area contributed by atoms with Gasteiger partial charge < -0.3 is 5.73 Å². The lowest BCUT2D eigenvalue weighted by Gasteiger charge is -2.17. The highest BCUT2D eigenvalue weighted by Gasteiger charge is 2.05. The van der Waals surface area contributed by atoms with Crippen molar-refractivity contribution in [2.75, 3.05) is 18.8 Å². The second-order valence-electron chi connectivity index (χ2n) is 3.86. The zero-order valence-corrected chi connectivity index (χ0v) is 10.6. The maximum Gasteiger partial charge on any atom is 0.181 e. The van der Waals surface area contributed by atoms with E-state index in [1.54, 1.807) is 0 Å². The molecule has 0 saturated heterocycles. The standard InChI is InChI=1S/C13H15N3S/c1-3-7-16(4-2)9-10-5-6-11-12(8-10)17-13(14)15-11/h1,5-6,8H,4,7,9H2,2H3,(H2,14,15). The van der Waals surface area contributed by atoms with Gasteiger partial charge in [-0.3, -0.25) is 4.90 Å². The largest absolute Gasteiger partial charge is 0.375 e. The molecule has 1 heterocycles. The van der Waals surface area contributed by atoms with Gasteiger partial charge in [-0.15, -0.1) is 6.42 Å². The first-order valence-electron chi connectivity index (χ1n) is 5.53. The van der Waals surface area contributed by atoms with Crippen molar-refractivity contribution in [1.29, 1.82) is 0 Å². The smallest absolute Gasteiger partial charge is 0.181 e. The van der Waals surface area contributed by atoms with Crippen LogP contribution in [0.2, 0.25) is 0 Å². The third kappa shape index (κ3) is 2.76. The number of anilines is 1. The summed E-state index contributed by atoms with van der Waals surface area (Å²) in [6.07, 6.45) is 5.34. The SMILES string of the molecule is C#CCN(CC)Cc1ccc2nc(N)sc2c1. The number of hydrogen-bond acceptors (Lipinski definition) is 4. The first kappa shape index (κ1) is 11.9. The summed E-state index contributed by atoms with van der Waals surface area (Å²) < 4.78 is 1.14. The molecule has 0 unspecified atom stereocenters. The molecule has 0 spiro atoms. The fourth-order valence-electron chi connectivity index (χ4n) is 1.75. The number of terminal acetylenes is 1. The van der Waals surface area contributed by atoms with Crippen molar-refractivity contribution in [2.24, 2.45) is 0 Å². The van der Waals surface area contributed by atoms with E-state index in [1.165, 1.54) is 16.9 Å². The summed E-state index contributed by atoms with van der Waals surface area (Å²) in [7, 11) is 0. The van der Waals surface area contributed by atoms with Crippen LogP contribution in [0.4, 0.5) is 5.13 Å². The summed E-state index contributed by atoms with van der Waals surface area (Å²) >= 11 is 1.52. The van der Waals surface area contributed by atoms with Crippen LogP contribution < -0.4 is 5.73 Å². The van der Waals surface area contributed by atoms with Crippen LogP contribution in [0.1, 0.15) is 12.5 Å². The molecule has 0 radical (unpaired) electrons. The van der Waals surface area contributed by atoms with Crippen LogP contribution in [-0.4, -0.2) is 23.0 Å². The molecule has 0 atom stereocenters. The lowest BCUT2D eigenvalue weighted by molar-refractivity contribution is 0.316. The van der Waals surface area contributed by atoms with E-state index in [9.17, 15) is 0 Å². The molecule has 88 valence electrons. The number of nitrogen functional groups attached to an aromatic ring is 1. The summed E-state index contributed by atoms with van der Waals surface area (Å²) in [5, 5.41) is 0.619. The van der Waals surface area contributed by atoms with E-state index in [0.29, 0.717) is 11.7 Å². The van der Waals surface area contributed by atoms with Crippen molar-refractivity contribution in [2.45, 2.75) is 13.5 Å². The van der Waals surface area contributed by atoms with Gasteiger partial charge in [-0.1, -0.05) is 30.2 Å². The average molecular weight is 245 g/mol. The van der Waals surface area contributed by atoms with Gasteiger partial charge in [0, 0.05) is 6.54 Å². The minimum Gasteiger partial charge on any atom is -0.375 e. The highest BCUT2D eigenvalue weighted by atomic mass is 32.1. The first-order chi connectivity index (χ1) is 8.22. The van der Waals surface area contributed by atoms with Crippen LogP contribution in [0.5, 0.6) is 0 Å². The monoisotopic (exact) mass is 245 g/mol. The molecule has 0 bridgehead atoms. The number of rotatable bonds is 4. The Bertz CT molecular complexity index is 553. The third-order valence-electron chi connectivity index (χ3n) is 2.64. The van der Waals surface area contributed by atoms with E-state index >= 15 is 0 Å². The van der Waals surface area contributed by atoms with Gasteiger partial charge in [-0.05, 0) is 24.2 Å². The molecule has 2 N–H and O–H groups in total. The molecule has 2 aromatic rings. The quantitative estimate of drug-likeness (QED) is 0.841. The number of nitrogens with zero attached hydrogens (tertiary/aromatic N) is 2.